The molecular formula is C15H14F3NO. The molecule has 106 valence electrons. The molecule has 1 heterocycles. The van der Waals surface area contributed by atoms with Crippen molar-refractivity contribution in [2.45, 2.75) is 26.9 Å². The molecule has 0 radical (unpaired) electrons. The molecule has 0 aliphatic rings. The molecule has 0 aliphatic carbocycles. The Kier molecular flexibility index (Phi) is 3.46. The molecule has 0 unspecified atom stereocenters. The Balaban J connectivity index is 2.67. The van der Waals surface area contributed by atoms with Crippen LogP contribution in [-0.2, 0) is 6.18 Å². The predicted octanol–water partition coefficient (Wildman–Crippen LogP) is 4.23. The summed E-state index contributed by atoms with van der Waals surface area (Å²) in [5.74, 6) is 0. The van der Waals surface area contributed by atoms with Gasteiger partial charge in [0, 0.05) is 22.6 Å². The topological polar surface area (TPSA) is 22.0 Å². The first kappa shape index (κ1) is 14.4. The number of rotatable bonds is 2. The number of alkyl halides is 3. The molecule has 0 spiro atoms. The fourth-order valence-corrected chi connectivity index (χ4v) is 2.39. The van der Waals surface area contributed by atoms with Gasteiger partial charge in [0.1, 0.15) is 0 Å². The summed E-state index contributed by atoms with van der Waals surface area (Å²) in [4.78, 5) is 11.1. The standard InChI is InChI=1S/C15H14F3NO/c1-9-10(2)19(11(3)14(9)8-20)13-6-4-5-12(7-13)15(16,17)18/h4-8H,1-3H3. The zero-order valence-electron chi connectivity index (χ0n) is 11.4. The molecule has 0 bridgehead atoms. The number of halogens is 3. The summed E-state index contributed by atoms with van der Waals surface area (Å²) in [5.41, 5.74) is 2.44. The predicted molar refractivity (Wildman–Crippen MR) is 70.4 cm³/mol. The monoisotopic (exact) mass is 281 g/mol. The maximum absolute atomic E-state index is 12.8. The van der Waals surface area contributed by atoms with E-state index in [1.165, 1.54) is 6.07 Å². The maximum atomic E-state index is 12.8. The Hall–Kier alpha value is -2.04. The minimum atomic E-state index is -4.38. The van der Waals surface area contributed by atoms with Gasteiger partial charge in [-0.05, 0) is 44.5 Å². The van der Waals surface area contributed by atoms with E-state index in [2.05, 4.69) is 0 Å². The number of aldehydes is 1. The lowest BCUT2D eigenvalue weighted by Crippen LogP contribution is -2.07. The number of carbonyl (C=O) groups excluding carboxylic acids is 1. The van der Waals surface area contributed by atoms with Gasteiger partial charge in [0.05, 0.1) is 5.56 Å². The number of hydrogen-bond donors (Lipinski definition) is 0. The number of benzene rings is 1. The fraction of sp³-hybridized carbons (Fsp3) is 0.267. The molecule has 20 heavy (non-hydrogen) atoms. The van der Waals surface area contributed by atoms with Crippen LogP contribution in [-0.4, -0.2) is 10.9 Å². The summed E-state index contributed by atoms with van der Waals surface area (Å²) in [6.07, 6.45) is -3.64. The summed E-state index contributed by atoms with van der Waals surface area (Å²) in [6, 6.07) is 5.09. The molecule has 2 rings (SSSR count). The Bertz CT molecular complexity index is 668. The van der Waals surface area contributed by atoms with Crippen LogP contribution in [0.15, 0.2) is 24.3 Å². The highest BCUT2D eigenvalue weighted by Crippen LogP contribution is 2.32. The van der Waals surface area contributed by atoms with Crippen LogP contribution in [0.25, 0.3) is 5.69 Å². The van der Waals surface area contributed by atoms with Gasteiger partial charge in [0.15, 0.2) is 6.29 Å². The van der Waals surface area contributed by atoms with Gasteiger partial charge in [0.25, 0.3) is 0 Å². The summed E-state index contributed by atoms with van der Waals surface area (Å²) < 4.78 is 40.0. The molecular weight excluding hydrogens is 267 g/mol. The van der Waals surface area contributed by atoms with Crippen molar-refractivity contribution in [1.29, 1.82) is 0 Å². The molecule has 5 heteroatoms. The number of nitrogens with zero attached hydrogens (tertiary/aromatic N) is 1. The van der Waals surface area contributed by atoms with Crippen molar-refractivity contribution < 1.29 is 18.0 Å². The first-order chi connectivity index (χ1) is 9.27. The van der Waals surface area contributed by atoms with Crippen LogP contribution in [0.2, 0.25) is 0 Å². The zero-order valence-corrected chi connectivity index (χ0v) is 11.4. The molecule has 0 saturated heterocycles. The van der Waals surface area contributed by atoms with Crippen LogP contribution >= 0.6 is 0 Å². The van der Waals surface area contributed by atoms with Gasteiger partial charge in [-0.3, -0.25) is 4.79 Å². The molecule has 2 nitrogen and oxygen atoms in total. The van der Waals surface area contributed by atoms with E-state index < -0.39 is 11.7 Å². The minimum Gasteiger partial charge on any atom is -0.317 e. The van der Waals surface area contributed by atoms with Crippen LogP contribution in [0.5, 0.6) is 0 Å². The van der Waals surface area contributed by atoms with Gasteiger partial charge in [-0.2, -0.15) is 13.2 Å². The summed E-state index contributed by atoms with van der Waals surface area (Å²) >= 11 is 0. The van der Waals surface area contributed by atoms with Crippen molar-refractivity contribution in [1.82, 2.24) is 4.57 Å². The van der Waals surface area contributed by atoms with Gasteiger partial charge in [0.2, 0.25) is 0 Å². The smallest absolute Gasteiger partial charge is 0.317 e. The zero-order chi connectivity index (χ0) is 15.1. The Morgan fingerprint density at radius 3 is 2.25 bits per heavy atom. The van der Waals surface area contributed by atoms with Crippen molar-refractivity contribution in [3.05, 3.63) is 52.3 Å². The van der Waals surface area contributed by atoms with Crippen molar-refractivity contribution in [3.8, 4) is 5.69 Å². The second-order valence-electron chi connectivity index (χ2n) is 4.71. The lowest BCUT2D eigenvalue weighted by Gasteiger charge is -2.13. The van der Waals surface area contributed by atoms with E-state index in [0.29, 0.717) is 16.9 Å². The second kappa shape index (κ2) is 4.81. The SMILES string of the molecule is Cc1c(C=O)c(C)n(-c2cccc(C(F)(F)F)c2)c1C. The van der Waals surface area contributed by atoms with Crippen LogP contribution < -0.4 is 0 Å². The first-order valence-electron chi connectivity index (χ1n) is 6.08. The van der Waals surface area contributed by atoms with Gasteiger partial charge in [-0.25, -0.2) is 0 Å². The van der Waals surface area contributed by atoms with Gasteiger partial charge < -0.3 is 4.57 Å². The average molecular weight is 281 g/mol. The average Bonchev–Trinajstić information content (AvgIpc) is 2.59. The lowest BCUT2D eigenvalue weighted by atomic mass is 10.1. The van der Waals surface area contributed by atoms with Gasteiger partial charge in [-0.1, -0.05) is 6.07 Å². The minimum absolute atomic E-state index is 0.408. The quantitative estimate of drug-likeness (QED) is 0.755. The molecule has 0 fully saturated rings. The summed E-state index contributed by atoms with van der Waals surface area (Å²) in [6.45, 7) is 5.30. The van der Waals surface area contributed by atoms with Gasteiger partial charge >= 0.3 is 6.18 Å². The molecule has 0 amide bonds. The second-order valence-corrected chi connectivity index (χ2v) is 4.71. The number of carbonyl (C=O) groups is 1. The van der Waals surface area contributed by atoms with E-state index in [1.807, 2.05) is 0 Å². The molecule has 0 N–H and O–H groups in total. The molecule has 1 aromatic heterocycles. The molecule has 0 aliphatic heterocycles. The Morgan fingerprint density at radius 1 is 1.10 bits per heavy atom. The lowest BCUT2D eigenvalue weighted by molar-refractivity contribution is -0.137. The summed E-state index contributed by atoms with van der Waals surface area (Å²) in [7, 11) is 0. The van der Waals surface area contributed by atoms with Crippen molar-refractivity contribution in [2.75, 3.05) is 0 Å². The summed E-state index contributed by atoms with van der Waals surface area (Å²) in [5, 5.41) is 0. The number of aromatic nitrogens is 1. The van der Waals surface area contributed by atoms with E-state index in [9.17, 15) is 18.0 Å². The third-order valence-corrected chi connectivity index (χ3v) is 3.56. The van der Waals surface area contributed by atoms with E-state index >= 15 is 0 Å². The number of hydrogen-bond acceptors (Lipinski definition) is 1. The highest BCUT2D eigenvalue weighted by molar-refractivity contribution is 5.80. The van der Waals surface area contributed by atoms with Crippen LogP contribution in [0.1, 0.15) is 32.9 Å². The first-order valence-corrected chi connectivity index (χ1v) is 6.08. The molecule has 0 saturated carbocycles. The van der Waals surface area contributed by atoms with Crippen LogP contribution in [0.4, 0.5) is 13.2 Å². The molecule has 0 atom stereocenters. The highest BCUT2D eigenvalue weighted by Gasteiger charge is 2.30. The van der Waals surface area contributed by atoms with Crippen LogP contribution in [0.3, 0.4) is 0 Å². The van der Waals surface area contributed by atoms with Crippen molar-refractivity contribution >= 4 is 6.29 Å². The van der Waals surface area contributed by atoms with E-state index in [0.717, 1.165) is 29.7 Å². The van der Waals surface area contributed by atoms with Gasteiger partial charge in [-0.15, -0.1) is 0 Å². The van der Waals surface area contributed by atoms with Crippen LogP contribution in [0, 0.1) is 20.8 Å². The normalized spacial score (nSPS) is 11.7. The van der Waals surface area contributed by atoms with Crippen molar-refractivity contribution in [3.63, 3.8) is 0 Å². The Labute approximate surface area is 114 Å². The molecule has 2 aromatic rings. The van der Waals surface area contributed by atoms with E-state index in [-0.39, 0.29) is 0 Å². The Morgan fingerprint density at radius 2 is 1.75 bits per heavy atom. The third kappa shape index (κ3) is 2.24. The van der Waals surface area contributed by atoms with Crippen molar-refractivity contribution in [2.24, 2.45) is 0 Å². The fourth-order valence-electron chi connectivity index (χ4n) is 2.39. The van der Waals surface area contributed by atoms with E-state index in [4.69, 9.17) is 0 Å². The highest BCUT2D eigenvalue weighted by atomic mass is 19.4. The largest absolute Gasteiger partial charge is 0.416 e. The third-order valence-electron chi connectivity index (χ3n) is 3.56. The molecule has 1 aromatic carbocycles. The van der Waals surface area contributed by atoms with E-state index in [1.54, 1.807) is 31.4 Å². The maximum Gasteiger partial charge on any atom is 0.416 e.